The normalized spacial score (nSPS) is 37.4. The predicted octanol–water partition coefficient (Wildman–Crippen LogP) is 3.61. The molecule has 0 aromatic carbocycles. The van der Waals surface area contributed by atoms with Crippen LogP contribution in [0.2, 0.25) is 0 Å². The Labute approximate surface area is 120 Å². The summed E-state index contributed by atoms with van der Waals surface area (Å²) >= 11 is 1.90. The number of aliphatic hydroxyl groups excluding tert-OH is 1. The molecule has 19 heavy (non-hydrogen) atoms. The van der Waals surface area contributed by atoms with E-state index in [1.165, 1.54) is 30.6 Å². The summed E-state index contributed by atoms with van der Waals surface area (Å²) in [6, 6.07) is 4.49. The molecular formula is C16H25NOS. The predicted molar refractivity (Wildman–Crippen MR) is 80.4 cm³/mol. The van der Waals surface area contributed by atoms with Crippen molar-refractivity contribution in [2.75, 3.05) is 13.1 Å². The molecular weight excluding hydrogens is 254 g/mol. The van der Waals surface area contributed by atoms with Crippen LogP contribution in [0.4, 0.5) is 0 Å². The highest BCUT2D eigenvalue weighted by atomic mass is 32.1. The summed E-state index contributed by atoms with van der Waals surface area (Å²) in [6.07, 6.45) is 7.18. The first-order valence-corrected chi connectivity index (χ1v) is 8.56. The lowest BCUT2D eigenvalue weighted by atomic mass is 9.74. The molecule has 1 saturated carbocycles. The monoisotopic (exact) mass is 279 g/mol. The molecule has 1 atom stereocenters. The third kappa shape index (κ3) is 2.61. The lowest BCUT2D eigenvalue weighted by Gasteiger charge is -2.49. The van der Waals surface area contributed by atoms with Crippen LogP contribution < -0.4 is 0 Å². The molecule has 1 N–H and O–H groups in total. The Morgan fingerprint density at radius 3 is 2.74 bits per heavy atom. The quantitative estimate of drug-likeness (QED) is 0.894. The van der Waals surface area contributed by atoms with Gasteiger partial charge in [0.1, 0.15) is 0 Å². The Hall–Kier alpha value is -0.380. The van der Waals surface area contributed by atoms with Crippen molar-refractivity contribution in [3.8, 4) is 0 Å². The number of piperidine rings is 1. The zero-order valence-electron chi connectivity index (χ0n) is 11.8. The van der Waals surface area contributed by atoms with E-state index in [0.29, 0.717) is 0 Å². The van der Waals surface area contributed by atoms with Gasteiger partial charge in [0.25, 0.3) is 0 Å². The Morgan fingerprint density at radius 2 is 2.11 bits per heavy atom. The second-order valence-electron chi connectivity index (χ2n) is 6.43. The minimum Gasteiger partial charge on any atom is -0.392 e. The van der Waals surface area contributed by atoms with Gasteiger partial charge in [-0.25, -0.2) is 0 Å². The van der Waals surface area contributed by atoms with Crippen LogP contribution in [0.5, 0.6) is 0 Å². The van der Waals surface area contributed by atoms with E-state index in [0.717, 1.165) is 31.8 Å². The fourth-order valence-electron chi connectivity index (χ4n) is 3.85. The summed E-state index contributed by atoms with van der Waals surface area (Å²) in [5, 5.41) is 12.2. The maximum atomic E-state index is 10.0. The number of thiophene rings is 1. The lowest BCUT2D eigenvalue weighted by Crippen LogP contribution is -2.53. The standard InChI is InChI=1S/C16H25NOS/c1-13-6-8-16(9-7-13,15-5-3-11-19-15)17-10-2-4-14(18)12-17/h3,5,11,13-14,18H,2,4,6-10,12H2,1H3. The van der Waals surface area contributed by atoms with Crippen LogP contribution in [-0.4, -0.2) is 29.2 Å². The van der Waals surface area contributed by atoms with Crippen molar-refractivity contribution >= 4 is 11.3 Å². The Balaban J connectivity index is 1.88. The molecule has 2 heterocycles. The molecule has 0 spiro atoms. The molecule has 1 saturated heterocycles. The molecule has 3 heteroatoms. The van der Waals surface area contributed by atoms with E-state index < -0.39 is 0 Å². The van der Waals surface area contributed by atoms with Gasteiger partial charge in [0.15, 0.2) is 0 Å². The first-order valence-electron chi connectivity index (χ1n) is 7.68. The SMILES string of the molecule is CC1CCC(c2cccs2)(N2CCCC(O)C2)CC1. The number of aliphatic hydroxyl groups is 1. The van der Waals surface area contributed by atoms with Crippen LogP contribution in [0, 0.1) is 5.92 Å². The lowest BCUT2D eigenvalue weighted by molar-refractivity contribution is -0.0252. The van der Waals surface area contributed by atoms with Crippen molar-refractivity contribution < 1.29 is 5.11 Å². The number of rotatable bonds is 2. The van der Waals surface area contributed by atoms with Gasteiger partial charge in [-0.3, -0.25) is 4.90 Å². The van der Waals surface area contributed by atoms with Gasteiger partial charge in [-0.1, -0.05) is 13.0 Å². The second-order valence-corrected chi connectivity index (χ2v) is 7.38. The van der Waals surface area contributed by atoms with Gasteiger partial charge in [0.2, 0.25) is 0 Å². The molecule has 1 aliphatic carbocycles. The average Bonchev–Trinajstić information content (AvgIpc) is 2.94. The molecule has 0 amide bonds. The summed E-state index contributed by atoms with van der Waals surface area (Å²) in [6.45, 7) is 4.40. The van der Waals surface area contributed by atoms with Crippen LogP contribution in [0.15, 0.2) is 17.5 Å². The molecule has 1 aromatic rings. The van der Waals surface area contributed by atoms with Gasteiger partial charge in [-0.2, -0.15) is 0 Å². The number of β-amino-alcohol motifs (C(OH)–C–C–N with tert-alkyl or cyclic N) is 1. The van der Waals surface area contributed by atoms with E-state index in [2.05, 4.69) is 29.3 Å². The maximum Gasteiger partial charge on any atom is 0.0667 e. The van der Waals surface area contributed by atoms with Crippen molar-refractivity contribution in [3.63, 3.8) is 0 Å². The molecule has 3 rings (SSSR count). The minimum absolute atomic E-state index is 0.120. The van der Waals surface area contributed by atoms with Crippen LogP contribution in [0.3, 0.4) is 0 Å². The summed E-state index contributed by atoms with van der Waals surface area (Å²) in [5.41, 5.74) is 0.224. The van der Waals surface area contributed by atoms with Crippen molar-refractivity contribution in [1.82, 2.24) is 4.90 Å². The van der Waals surface area contributed by atoms with Crippen molar-refractivity contribution in [1.29, 1.82) is 0 Å². The molecule has 1 aliphatic heterocycles. The topological polar surface area (TPSA) is 23.5 Å². The van der Waals surface area contributed by atoms with Crippen molar-refractivity contribution in [3.05, 3.63) is 22.4 Å². The zero-order valence-corrected chi connectivity index (χ0v) is 12.7. The molecule has 2 fully saturated rings. The third-order valence-corrected chi connectivity index (χ3v) is 6.15. The summed E-state index contributed by atoms with van der Waals surface area (Å²) in [5.74, 6) is 0.864. The van der Waals surface area contributed by atoms with Crippen molar-refractivity contribution in [2.45, 2.75) is 57.1 Å². The molecule has 0 radical (unpaired) electrons. The number of hydrogen-bond donors (Lipinski definition) is 1. The van der Waals surface area contributed by atoms with Crippen molar-refractivity contribution in [2.24, 2.45) is 5.92 Å². The molecule has 1 aromatic heterocycles. The molecule has 106 valence electrons. The van der Waals surface area contributed by atoms with Gasteiger partial charge in [-0.15, -0.1) is 11.3 Å². The Bertz CT molecular complexity index is 395. The van der Waals surface area contributed by atoms with Gasteiger partial charge >= 0.3 is 0 Å². The molecule has 1 unspecified atom stereocenters. The first-order chi connectivity index (χ1) is 9.21. The second kappa shape index (κ2) is 5.55. The highest BCUT2D eigenvalue weighted by Crippen LogP contribution is 2.46. The van der Waals surface area contributed by atoms with Crippen LogP contribution in [-0.2, 0) is 5.54 Å². The number of nitrogens with zero attached hydrogens (tertiary/aromatic N) is 1. The van der Waals surface area contributed by atoms with E-state index >= 15 is 0 Å². The van der Waals surface area contributed by atoms with E-state index in [4.69, 9.17) is 0 Å². The van der Waals surface area contributed by atoms with Gasteiger partial charge < -0.3 is 5.11 Å². The first kappa shape index (κ1) is 13.6. The maximum absolute atomic E-state index is 10.0. The Kier molecular flexibility index (Phi) is 3.97. The number of likely N-dealkylation sites (tertiary alicyclic amines) is 1. The van der Waals surface area contributed by atoms with E-state index in [1.54, 1.807) is 0 Å². The molecule has 0 bridgehead atoms. The van der Waals surface area contributed by atoms with Crippen LogP contribution >= 0.6 is 11.3 Å². The van der Waals surface area contributed by atoms with Gasteiger partial charge in [0.05, 0.1) is 11.6 Å². The minimum atomic E-state index is -0.120. The Morgan fingerprint density at radius 1 is 1.32 bits per heavy atom. The van der Waals surface area contributed by atoms with Crippen LogP contribution in [0.1, 0.15) is 50.3 Å². The summed E-state index contributed by atoms with van der Waals surface area (Å²) < 4.78 is 0. The average molecular weight is 279 g/mol. The summed E-state index contributed by atoms with van der Waals surface area (Å²) in [7, 11) is 0. The highest BCUT2D eigenvalue weighted by Gasteiger charge is 2.43. The fourth-order valence-corrected chi connectivity index (χ4v) is 4.86. The van der Waals surface area contributed by atoms with E-state index in [-0.39, 0.29) is 11.6 Å². The van der Waals surface area contributed by atoms with E-state index in [9.17, 15) is 5.11 Å². The van der Waals surface area contributed by atoms with E-state index in [1.807, 2.05) is 11.3 Å². The van der Waals surface area contributed by atoms with Gasteiger partial charge in [0, 0.05) is 11.4 Å². The largest absolute Gasteiger partial charge is 0.392 e. The number of hydrogen-bond acceptors (Lipinski definition) is 3. The van der Waals surface area contributed by atoms with Gasteiger partial charge in [-0.05, 0) is 62.4 Å². The smallest absolute Gasteiger partial charge is 0.0667 e. The highest BCUT2D eigenvalue weighted by molar-refractivity contribution is 7.10. The zero-order chi connectivity index (χ0) is 13.3. The van der Waals surface area contributed by atoms with Crippen LogP contribution in [0.25, 0.3) is 0 Å². The molecule has 2 nitrogen and oxygen atoms in total. The third-order valence-electron chi connectivity index (χ3n) is 5.08. The molecule has 2 aliphatic rings. The summed E-state index contributed by atoms with van der Waals surface area (Å²) in [4.78, 5) is 4.12. The fraction of sp³-hybridized carbons (Fsp3) is 0.750.